The van der Waals surface area contributed by atoms with Gasteiger partial charge in [-0.2, -0.15) is 0 Å². The smallest absolute Gasteiger partial charge is 0.257 e. The fourth-order valence-corrected chi connectivity index (χ4v) is 2.90. The first kappa shape index (κ1) is 21.2. The summed E-state index contributed by atoms with van der Waals surface area (Å²) in [5.41, 5.74) is 1.23. The van der Waals surface area contributed by atoms with Gasteiger partial charge in [-0.25, -0.2) is 0 Å². The number of halogens is 1. The second-order valence-corrected chi connectivity index (χ2v) is 7.05. The van der Waals surface area contributed by atoms with Gasteiger partial charge in [0.1, 0.15) is 5.75 Å². The van der Waals surface area contributed by atoms with Crippen molar-refractivity contribution >= 4 is 40.5 Å². The Hall–Kier alpha value is -2.11. The molecule has 0 fully saturated rings. The second kappa shape index (κ2) is 11.6. The Morgan fingerprint density at radius 3 is 2.52 bits per heavy atom. The van der Waals surface area contributed by atoms with Gasteiger partial charge >= 0.3 is 0 Å². The summed E-state index contributed by atoms with van der Waals surface area (Å²) in [5.74, 6) is 0.488. The number of amides is 1. The monoisotopic (exact) mass is 404 g/mol. The highest BCUT2D eigenvalue weighted by Gasteiger charge is 2.08. The molecule has 2 N–H and O–H groups in total. The van der Waals surface area contributed by atoms with Crippen LogP contribution in [0.15, 0.2) is 48.5 Å². The van der Waals surface area contributed by atoms with E-state index in [1.165, 1.54) is 25.7 Å². The normalized spacial score (nSPS) is 10.3. The van der Waals surface area contributed by atoms with E-state index in [-0.39, 0.29) is 11.0 Å². The zero-order valence-electron chi connectivity index (χ0n) is 15.5. The van der Waals surface area contributed by atoms with Crippen molar-refractivity contribution in [2.45, 2.75) is 39.0 Å². The van der Waals surface area contributed by atoms with Crippen LogP contribution in [0.4, 0.5) is 5.69 Å². The number of benzene rings is 2. The van der Waals surface area contributed by atoms with Crippen LogP contribution in [0.5, 0.6) is 5.75 Å². The van der Waals surface area contributed by atoms with E-state index in [4.69, 9.17) is 28.6 Å². The summed E-state index contributed by atoms with van der Waals surface area (Å²) in [7, 11) is 0. The van der Waals surface area contributed by atoms with Gasteiger partial charge in [0.15, 0.2) is 5.11 Å². The molecule has 0 spiro atoms. The molecule has 0 aliphatic rings. The van der Waals surface area contributed by atoms with E-state index in [0.717, 1.165) is 17.9 Å². The standard InChI is InChI=1S/C21H25ClN2O2S/c1-2-3-4-5-6-14-26-19-12-10-16(11-13-19)20(25)24-21(27)23-18-9-7-8-17(22)15-18/h7-13,15H,2-6,14H2,1H3,(H2,23,24,25,27). The summed E-state index contributed by atoms with van der Waals surface area (Å²) in [6, 6.07) is 14.2. The summed E-state index contributed by atoms with van der Waals surface area (Å²) >= 11 is 11.1. The maximum atomic E-state index is 12.3. The van der Waals surface area contributed by atoms with Gasteiger partial charge < -0.3 is 10.1 Å². The Kier molecular flexibility index (Phi) is 9.08. The zero-order chi connectivity index (χ0) is 19.5. The van der Waals surface area contributed by atoms with E-state index >= 15 is 0 Å². The maximum absolute atomic E-state index is 12.3. The third kappa shape index (κ3) is 7.97. The van der Waals surface area contributed by atoms with Crippen molar-refractivity contribution in [2.75, 3.05) is 11.9 Å². The van der Waals surface area contributed by atoms with Crippen LogP contribution in [0.3, 0.4) is 0 Å². The predicted molar refractivity (Wildman–Crippen MR) is 116 cm³/mol. The summed E-state index contributed by atoms with van der Waals surface area (Å²) in [5, 5.41) is 6.40. The molecular formula is C21H25ClN2O2S. The Morgan fingerprint density at radius 1 is 1.07 bits per heavy atom. The summed E-state index contributed by atoms with van der Waals surface area (Å²) in [6.45, 7) is 2.90. The van der Waals surface area contributed by atoms with E-state index in [2.05, 4.69) is 17.6 Å². The number of nitrogens with one attached hydrogen (secondary N) is 2. The Morgan fingerprint density at radius 2 is 1.81 bits per heavy atom. The molecule has 0 saturated carbocycles. The zero-order valence-corrected chi connectivity index (χ0v) is 17.0. The lowest BCUT2D eigenvalue weighted by Crippen LogP contribution is -2.34. The van der Waals surface area contributed by atoms with Crippen molar-refractivity contribution in [1.29, 1.82) is 0 Å². The van der Waals surface area contributed by atoms with Crippen LogP contribution in [0.1, 0.15) is 49.4 Å². The molecule has 27 heavy (non-hydrogen) atoms. The van der Waals surface area contributed by atoms with Crippen molar-refractivity contribution in [3.63, 3.8) is 0 Å². The molecule has 0 bridgehead atoms. The summed E-state index contributed by atoms with van der Waals surface area (Å²) in [4.78, 5) is 12.3. The fraction of sp³-hybridized carbons (Fsp3) is 0.333. The maximum Gasteiger partial charge on any atom is 0.257 e. The van der Waals surface area contributed by atoms with Crippen LogP contribution >= 0.6 is 23.8 Å². The summed E-state index contributed by atoms with van der Waals surface area (Å²) < 4.78 is 5.71. The second-order valence-electron chi connectivity index (χ2n) is 6.21. The molecule has 0 saturated heterocycles. The van der Waals surface area contributed by atoms with E-state index < -0.39 is 0 Å². The number of anilines is 1. The number of hydrogen-bond donors (Lipinski definition) is 2. The van der Waals surface area contributed by atoms with Crippen molar-refractivity contribution in [3.05, 3.63) is 59.1 Å². The van der Waals surface area contributed by atoms with Crippen LogP contribution in [-0.2, 0) is 0 Å². The lowest BCUT2D eigenvalue weighted by Gasteiger charge is -2.10. The van der Waals surface area contributed by atoms with E-state index in [0.29, 0.717) is 17.2 Å². The molecule has 0 heterocycles. The molecule has 0 aliphatic heterocycles. The van der Waals surface area contributed by atoms with Crippen molar-refractivity contribution in [3.8, 4) is 5.75 Å². The van der Waals surface area contributed by atoms with Crippen LogP contribution in [0, 0.1) is 0 Å². The molecule has 0 aromatic heterocycles. The van der Waals surface area contributed by atoms with Gasteiger partial charge in [0.2, 0.25) is 0 Å². The van der Waals surface area contributed by atoms with Crippen molar-refractivity contribution in [1.82, 2.24) is 5.32 Å². The van der Waals surface area contributed by atoms with Crippen LogP contribution in [0.25, 0.3) is 0 Å². The van der Waals surface area contributed by atoms with Gasteiger partial charge in [0.25, 0.3) is 5.91 Å². The Balaban J connectivity index is 1.76. The van der Waals surface area contributed by atoms with Gasteiger partial charge in [0.05, 0.1) is 6.61 Å². The number of unbranched alkanes of at least 4 members (excludes halogenated alkanes) is 4. The Bertz CT molecular complexity index is 750. The molecule has 4 nitrogen and oxygen atoms in total. The number of carbonyl (C=O) groups excluding carboxylic acids is 1. The fourth-order valence-electron chi connectivity index (χ4n) is 2.50. The third-order valence-corrected chi connectivity index (χ3v) is 4.38. The van der Waals surface area contributed by atoms with Crippen molar-refractivity contribution < 1.29 is 9.53 Å². The molecule has 0 aliphatic carbocycles. The molecule has 1 amide bonds. The minimum absolute atomic E-state index is 0.217. The first-order valence-corrected chi connectivity index (χ1v) is 9.98. The highest BCUT2D eigenvalue weighted by atomic mass is 35.5. The molecule has 2 aromatic rings. The number of ether oxygens (including phenoxy) is 1. The van der Waals surface area contributed by atoms with Crippen LogP contribution in [-0.4, -0.2) is 17.6 Å². The first-order chi connectivity index (χ1) is 13.1. The average Bonchev–Trinajstić information content (AvgIpc) is 2.65. The SMILES string of the molecule is CCCCCCCOc1ccc(C(=O)NC(=S)Nc2cccc(Cl)c2)cc1. The number of carbonyl (C=O) groups is 1. The van der Waals surface area contributed by atoms with Gasteiger partial charge in [-0.3, -0.25) is 10.1 Å². The topological polar surface area (TPSA) is 50.4 Å². The molecule has 0 unspecified atom stereocenters. The molecule has 6 heteroatoms. The van der Waals surface area contributed by atoms with E-state index in [1.54, 1.807) is 42.5 Å². The predicted octanol–water partition coefficient (Wildman–Crippen LogP) is 5.82. The molecule has 2 rings (SSSR count). The van der Waals surface area contributed by atoms with E-state index in [1.807, 2.05) is 6.07 Å². The first-order valence-electron chi connectivity index (χ1n) is 9.19. The largest absolute Gasteiger partial charge is 0.494 e. The van der Waals surface area contributed by atoms with Gasteiger partial charge in [-0.05, 0) is 61.1 Å². The minimum atomic E-state index is -0.277. The van der Waals surface area contributed by atoms with E-state index in [9.17, 15) is 4.79 Å². The highest BCUT2D eigenvalue weighted by molar-refractivity contribution is 7.80. The molecule has 2 aromatic carbocycles. The third-order valence-electron chi connectivity index (χ3n) is 3.94. The summed E-state index contributed by atoms with van der Waals surface area (Å²) in [6.07, 6.45) is 6.00. The van der Waals surface area contributed by atoms with Crippen LogP contribution < -0.4 is 15.4 Å². The minimum Gasteiger partial charge on any atom is -0.494 e. The van der Waals surface area contributed by atoms with Crippen LogP contribution in [0.2, 0.25) is 5.02 Å². The van der Waals surface area contributed by atoms with Gasteiger partial charge in [0, 0.05) is 16.3 Å². The molecule has 0 radical (unpaired) electrons. The molecular weight excluding hydrogens is 380 g/mol. The molecule has 0 atom stereocenters. The highest BCUT2D eigenvalue weighted by Crippen LogP contribution is 2.15. The average molecular weight is 405 g/mol. The number of thiocarbonyl (C=S) groups is 1. The van der Waals surface area contributed by atoms with Gasteiger partial charge in [-0.15, -0.1) is 0 Å². The number of hydrogen-bond acceptors (Lipinski definition) is 3. The van der Waals surface area contributed by atoms with Gasteiger partial charge in [-0.1, -0.05) is 50.3 Å². The quantitative estimate of drug-likeness (QED) is 0.408. The number of rotatable bonds is 9. The lowest BCUT2D eigenvalue weighted by atomic mass is 10.2. The molecule has 144 valence electrons. The van der Waals surface area contributed by atoms with Crippen molar-refractivity contribution in [2.24, 2.45) is 0 Å². The Labute approximate surface area is 171 Å². The lowest BCUT2D eigenvalue weighted by molar-refractivity contribution is 0.0977.